The van der Waals surface area contributed by atoms with Crippen LogP contribution in [0.15, 0.2) is 36.5 Å². The summed E-state index contributed by atoms with van der Waals surface area (Å²) in [6.45, 7) is 1.78. The highest BCUT2D eigenvalue weighted by atomic mass is 35.5. The molecule has 0 radical (unpaired) electrons. The van der Waals surface area contributed by atoms with Gasteiger partial charge in [-0.1, -0.05) is 11.6 Å². The van der Waals surface area contributed by atoms with E-state index in [0.29, 0.717) is 27.9 Å². The summed E-state index contributed by atoms with van der Waals surface area (Å²) < 4.78 is 13.0. The number of aromatic amines is 1. The number of pyridine rings is 1. The molecule has 2 N–H and O–H groups in total. The van der Waals surface area contributed by atoms with Crippen LogP contribution in [0.25, 0.3) is 11.4 Å². The standard InChI is InChI=1S/C15H11ClFN5O/c1-8-19-14(22-21-8)11-3-2-10(7-12(11)16)20-15(23)9-4-5-18-13(17)6-9/h2-7H,1H3,(H,20,23)(H,19,21,22). The molecule has 6 nitrogen and oxygen atoms in total. The molecule has 0 fully saturated rings. The number of rotatable bonds is 3. The number of nitrogens with zero attached hydrogens (tertiary/aromatic N) is 3. The molecule has 3 aromatic rings. The number of hydrogen-bond donors (Lipinski definition) is 2. The minimum Gasteiger partial charge on any atom is -0.322 e. The van der Waals surface area contributed by atoms with Crippen LogP contribution in [0.1, 0.15) is 16.2 Å². The maximum absolute atomic E-state index is 13.0. The molecule has 0 spiro atoms. The first-order chi connectivity index (χ1) is 11.0. The number of nitrogens with one attached hydrogen (secondary N) is 2. The van der Waals surface area contributed by atoms with E-state index in [1.807, 2.05) is 0 Å². The number of anilines is 1. The van der Waals surface area contributed by atoms with Gasteiger partial charge in [-0.2, -0.15) is 9.49 Å². The van der Waals surface area contributed by atoms with E-state index in [4.69, 9.17) is 11.6 Å². The molecule has 2 heterocycles. The number of H-pyrrole nitrogens is 1. The maximum atomic E-state index is 13.0. The van der Waals surface area contributed by atoms with Crippen molar-refractivity contribution in [1.82, 2.24) is 20.2 Å². The zero-order valence-corrected chi connectivity index (χ0v) is 12.7. The molecule has 0 unspecified atom stereocenters. The minimum absolute atomic E-state index is 0.169. The lowest BCUT2D eigenvalue weighted by Gasteiger charge is -2.07. The second kappa shape index (κ2) is 6.13. The molecule has 0 atom stereocenters. The van der Waals surface area contributed by atoms with Crippen molar-refractivity contribution < 1.29 is 9.18 Å². The first-order valence-electron chi connectivity index (χ1n) is 6.65. The number of aryl methyl sites for hydroxylation is 1. The van der Waals surface area contributed by atoms with Crippen LogP contribution in [-0.2, 0) is 0 Å². The topological polar surface area (TPSA) is 83.6 Å². The zero-order chi connectivity index (χ0) is 16.4. The number of carbonyl (C=O) groups is 1. The molecular formula is C15H11ClFN5O. The molecular weight excluding hydrogens is 321 g/mol. The Morgan fingerprint density at radius 3 is 2.78 bits per heavy atom. The normalized spacial score (nSPS) is 10.6. The Hall–Kier alpha value is -2.80. The number of aromatic nitrogens is 4. The number of amides is 1. The Kier molecular flexibility index (Phi) is 4.03. The van der Waals surface area contributed by atoms with Crippen LogP contribution in [-0.4, -0.2) is 26.1 Å². The Bertz CT molecular complexity index is 880. The first-order valence-corrected chi connectivity index (χ1v) is 7.02. The molecule has 0 saturated carbocycles. The highest BCUT2D eigenvalue weighted by Gasteiger charge is 2.12. The quantitative estimate of drug-likeness (QED) is 0.722. The molecule has 0 aliphatic rings. The first kappa shape index (κ1) is 15.1. The van der Waals surface area contributed by atoms with E-state index in [-0.39, 0.29) is 5.56 Å². The summed E-state index contributed by atoms with van der Waals surface area (Å²) in [5, 5.41) is 9.81. The monoisotopic (exact) mass is 331 g/mol. The number of hydrogen-bond acceptors (Lipinski definition) is 4. The minimum atomic E-state index is -0.717. The number of carbonyl (C=O) groups excluding carboxylic acids is 1. The van der Waals surface area contributed by atoms with Crippen LogP contribution in [0.2, 0.25) is 5.02 Å². The van der Waals surface area contributed by atoms with Crippen molar-refractivity contribution in [3.63, 3.8) is 0 Å². The van der Waals surface area contributed by atoms with Crippen molar-refractivity contribution in [2.45, 2.75) is 6.92 Å². The fourth-order valence-corrected chi connectivity index (χ4v) is 2.25. The third-order valence-electron chi connectivity index (χ3n) is 3.05. The van der Waals surface area contributed by atoms with Gasteiger partial charge in [0.1, 0.15) is 5.82 Å². The van der Waals surface area contributed by atoms with Gasteiger partial charge in [-0.05, 0) is 31.2 Å². The van der Waals surface area contributed by atoms with E-state index in [1.54, 1.807) is 25.1 Å². The molecule has 2 aromatic heterocycles. The average molecular weight is 332 g/mol. The molecule has 1 aromatic carbocycles. The molecule has 0 aliphatic heterocycles. The van der Waals surface area contributed by atoms with Crippen LogP contribution in [0, 0.1) is 12.9 Å². The van der Waals surface area contributed by atoms with E-state index >= 15 is 0 Å². The molecule has 3 rings (SSSR count). The molecule has 0 bridgehead atoms. The lowest BCUT2D eigenvalue weighted by atomic mass is 10.2. The van der Waals surface area contributed by atoms with Crippen molar-refractivity contribution in [3.8, 4) is 11.4 Å². The van der Waals surface area contributed by atoms with Crippen molar-refractivity contribution in [1.29, 1.82) is 0 Å². The molecule has 0 aliphatic carbocycles. The van der Waals surface area contributed by atoms with Crippen molar-refractivity contribution in [3.05, 3.63) is 58.9 Å². The lowest BCUT2D eigenvalue weighted by molar-refractivity contribution is 0.102. The smallest absolute Gasteiger partial charge is 0.255 e. The average Bonchev–Trinajstić information content (AvgIpc) is 2.93. The van der Waals surface area contributed by atoms with Crippen LogP contribution in [0.4, 0.5) is 10.1 Å². The number of benzene rings is 1. The van der Waals surface area contributed by atoms with E-state index in [9.17, 15) is 9.18 Å². The predicted octanol–water partition coefficient (Wildman–Crippen LogP) is 3.22. The summed E-state index contributed by atoms with van der Waals surface area (Å²) in [7, 11) is 0. The third kappa shape index (κ3) is 3.35. The summed E-state index contributed by atoms with van der Waals surface area (Å²) in [5.74, 6) is -0.0235. The Morgan fingerprint density at radius 1 is 1.30 bits per heavy atom. The predicted molar refractivity (Wildman–Crippen MR) is 83.7 cm³/mol. The molecule has 23 heavy (non-hydrogen) atoms. The fraction of sp³-hybridized carbons (Fsp3) is 0.0667. The van der Waals surface area contributed by atoms with Gasteiger partial charge in [0.25, 0.3) is 5.91 Å². The van der Waals surface area contributed by atoms with Crippen LogP contribution in [0.5, 0.6) is 0 Å². The highest BCUT2D eigenvalue weighted by Crippen LogP contribution is 2.28. The van der Waals surface area contributed by atoms with Crippen molar-refractivity contribution in [2.24, 2.45) is 0 Å². The summed E-state index contributed by atoms with van der Waals surface area (Å²) >= 11 is 6.21. The Labute approximate surface area is 135 Å². The van der Waals surface area contributed by atoms with Gasteiger partial charge >= 0.3 is 0 Å². The lowest BCUT2D eigenvalue weighted by Crippen LogP contribution is -2.12. The Morgan fingerprint density at radius 2 is 2.13 bits per heavy atom. The van der Waals surface area contributed by atoms with E-state index < -0.39 is 11.9 Å². The maximum Gasteiger partial charge on any atom is 0.255 e. The molecule has 116 valence electrons. The van der Waals surface area contributed by atoms with Gasteiger partial charge in [-0.3, -0.25) is 9.89 Å². The van der Waals surface area contributed by atoms with Gasteiger partial charge in [0.05, 0.1) is 5.02 Å². The van der Waals surface area contributed by atoms with E-state index in [1.165, 1.54) is 12.3 Å². The van der Waals surface area contributed by atoms with Gasteiger partial charge in [-0.25, -0.2) is 9.97 Å². The van der Waals surface area contributed by atoms with Gasteiger partial charge in [0.2, 0.25) is 5.95 Å². The Balaban J connectivity index is 1.82. The van der Waals surface area contributed by atoms with Crippen LogP contribution >= 0.6 is 11.6 Å². The summed E-state index contributed by atoms with van der Waals surface area (Å²) in [5.41, 5.74) is 1.29. The second-order valence-corrected chi connectivity index (χ2v) is 5.17. The fourth-order valence-electron chi connectivity index (χ4n) is 1.98. The van der Waals surface area contributed by atoms with Gasteiger partial charge < -0.3 is 5.32 Å². The summed E-state index contributed by atoms with van der Waals surface area (Å²) in [6.07, 6.45) is 1.23. The van der Waals surface area contributed by atoms with Crippen molar-refractivity contribution >= 4 is 23.2 Å². The summed E-state index contributed by atoms with van der Waals surface area (Å²) in [4.78, 5) is 19.7. The number of halogens is 2. The largest absolute Gasteiger partial charge is 0.322 e. The van der Waals surface area contributed by atoms with Gasteiger partial charge in [0.15, 0.2) is 5.82 Å². The van der Waals surface area contributed by atoms with Crippen LogP contribution < -0.4 is 5.32 Å². The highest BCUT2D eigenvalue weighted by molar-refractivity contribution is 6.33. The zero-order valence-electron chi connectivity index (χ0n) is 12.0. The molecule has 1 amide bonds. The van der Waals surface area contributed by atoms with Gasteiger partial charge in [0, 0.05) is 29.1 Å². The molecule has 8 heteroatoms. The molecule has 0 saturated heterocycles. The van der Waals surface area contributed by atoms with Gasteiger partial charge in [-0.15, -0.1) is 0 Å². The van der Waals surface area contributed by atoms with E-state index in [0.717, 1.165) is 6.07 Å². The van der Waals surface area contributed by atoms with Crippen LogP contribution in [0.3, 0.4) is 0 Å². The SMILES string of the molecule is Cc1nc(-c2ccc(NC(=O)c3ccnc(F)c3)cc2Cl)n[nH]1. The summed E-state index contributed by atoms with van der Waals surface area (Å²) in [6, 6.07) is 7.43. The van der Waals surface area contributed by atoms with E-state index in [2.05, 4.69) is 25.5 Å². The third-order valence-corrected chi connectivity index (χ3v) is 3.37. The van der Waals surface area contributed by atoms with Crippen molar-refractivity contribution in [2.75, 3.05) is 5.32 Å². The second-order valence-electron chi connectivity index (χ2n) is 4.76.